The number of nitrogens with one attached hydrogen (secondary N) is 1. The predicted octanol–water partition coefficient (Wildman–Crippen LogP) is 3.09. The molecule has 1 aromatic carbocycles. The highest BCUT2D eigenvalue weighted by Gasteiger charge is 2.45. The minimum atomic E-state index is 0.0810. The van der Waals surface area contributed by atoms with E-state index >= 15 is 0 Å². The fourth-order valence-electron chi connectivity index (χ4n) is 3.75. The van der Waals surface area contributed by atoms with E-state index in [-0.39, 0.29) is 5.60 Å². The number of hydrogen-bond acceptors (Lipinski definition) is 4. The molecule has 2 aromatic rings. The van der Waals surface area contributed by atoms with E-state index in [0.29, 0.717) is 12.1 Å². The van der Waals surface area contributed by atoms with Gasteiger partial charge in [-0.3, -0.25) is 4.68 Å². The lowest BCUT2D eigenvalue weighted by Crippen LogP contribution is -2.50. The highest BCUT2D eigenvalue weighted by Crippen LogP contribution is 2.48. The molecule has 0 bridgehead atoms. The molecule has 0 amide bonds. The van der Waals surface area contributed by atoms with Crippen LogP contribution < -0.4 is 10.1 Å². The maximum atomic E-state index is 6.32. The zero-order chi connectivity index (χ0) is 15.7. The molecule has 1 aliphatic heterocycles. The van der Waals surface area contributed by atoms with Crippen LogP contribution in [-0.2, 0) is 6.54 Å². The van der Waals surface area contributed by atoms with Crippen molar-refractivity contribution in [3.05, 3.63) is 42.5 Å². The van der Waals surface area contributed by atoms with E-state index in [0.717, 1.165) is 25.1 Å². The molecule has 2 heterocycles. The van der Waals surface area contributed by atoms with Crippen molar-refractivity contribution in [2.45, 2.75) is 63.3 Å². The second kappa shape index (κ2) is 5.96. The Morgan fingerprint density at radius 3 is 3.00 bits per heavy atom. The third-order valence-corrected chi connectivity index (χ3v) is 5.21. The fourth-order valence-corrected chi connectivity index (χ4v) is 3.75. The standard InChI is InChI=1S/C18H24N4O/c1-14(7-10-22-13-19-12-20-22)21-16-11-18(8-4-9-18)23-17-6-3-2-5-15(16)17/h2-3,5-6,12-14,16,21H,4,7-11H2,1H3. The number of rotatable bonds is 5. The monoisotopic (exact) mass is 312 g/mol. The highest BCUT2D eigenvalue weighted by molar-refractivity contribution is 5.39. The molecule has 2 unspecified atom stereocenters. The van der Waals surface area contributed by atoms with E-state index in [9.17, 15) is 0 Å². The van der Waals surface area contributed by atoms with Crippen LogP contribution in [0.3, 0.4) is 0 Å². The molecule has 1 spiro atoms. The average molecular weight is 312 g/mol. The zero-order valence-corrected chi connectivity index (χ0v) is 13.6. The molecular formula is C18H24N4O. The van der Waals surface area contributed by atoms with E-state index in [1.54, 1.807) is 12.7 Å². The third kappa shape index (κ3) is 2.98. The van der Waals surface area contributed by atoms with Crippen molar-refractivity contribution < 1.29 is 4.74 Å². The summed E-state index contributed by atoms with van der Waals surface area (Å²) in [7, 11) is 0. The molecule has 1 N–H and O–H groups in total. The summed E-state index contributed by atoms with van der Waals surface area (Å²) in [4.78, 5) is 4.00. The van der Waals surface area contributed by atoms with Gasteiger partial charge in [-0.15, -0.1) is 0 Å². The van der Waals surface area contributed by atoms with Gasteiger partial charge >= 0.3 is 0 Å². The van der Waals surface area contributed by atoms with Gasteiger partial charge in [0.15, 0.2) is 0 Å². The Balaban J connectivity index is 1.44. The summed E-state index contributed by atoms with van der Waals surface area (Å²) in [6.45, 7) is 3.15. The maximum absolute atomic E-state index is 6.32. The fraction of sp³-hybridized carbons (Fsp3) is 0.556. The van der Waals surface area contributed by atoms with Crippen LogP contribution in [0.1, 0.15) is 50.6 Å². The van der Waals surface area contributed by atoms with Gasteiger partial charge in [0.05, 0.1) is 0 Å². The number of fused-ring (bicyclic) bond motifs is 1. The maximum Gasteiger partial charge on any atom is 0.137 e. The van der Waals surface area contributed by atoms with Gasteiger partial charge in [0.2, 0.25) is 0 Å². The Morgan fingerprint density at radius 2 is 2.26 bits per heavy atom. The van der Waals surface area contributed by atoms with Gasteiger partial charge in [-0.2, -0.15) is 5.10 Å². The molecule has 1 aromatic heterocycles. The third-order valence-electron chi connectivity index (χ3n) is 5.21. The Bertz CT molecular complexity index is 651. The van der Waals surface area contributed by atoms with E-state index < -0.39 is 0 Å². The largest absolute Gasteiger partial charge is 0.487 e. The normalized spacial score (nSPS) is 22.9. The lowest BCUT2D eigenvalue weighted by molar-refractivity contribution is -0.0379. The average Bonchev–Trinajstić information content (AvgIpc) is 3.05. The topological polar surface area (TPSA) is 52.0 Å². The molecule has 122 valence electrons. The van der Waals surface area contributed by atoms with Crippen molar-refractivity contribution in [1.82, 2.24) is 20.1 Å². The lowest BCUT2D eigenvalue weighted by atomic mass is 9.73. The Labute approximate surface area is 137 Å². The van der Waals surface area contributed by atoms with Crippen LogP contribution in [0.25, 0.3) is 0 Å². The minimum absolute atomic E-state index is 0.0810. The number of para-hydroxylation sites is 1. The van der Waals surface area contributed by atoms with Crippen LogP contribution in [0.4, 0.5) is 0 Å². The van der Waals surface area contributed by atoms with Crippen LogP contribution in [0.15, 0.2) is 36.9 Å². The molecular weight excluding hydrogens is 288 g/mol. The zero-order valence-electron chi connectivity index (χ0n) is 13.6. The lowest BCUT2D eigenvalue weighted by Gasteiger charge is -2.48. The minimum Gasteiger partial charge on any atom is -0.487 e. The molecule has 2 atom stereocenters. The van der Waals surface area contributed by atoms with Gasteiger partial charge in [-0.1, -0.05) is 18.2 Å². The molecule has 0 saturated heterocycles. The Kier molecular flexibility index (Phi) is 3.81. The first-order valence-electron chi connectivity index (χ1n) is 8.61. The summed E-state index contributed by atoms with van der Waals surface area (Å²) in [6.07, 6.45) is 9.15. The molecule has 1 saturated carbocycles. The van der Waals surface area contributed by atoms with Gasteiger partial charge in [-0.05, 0) is 38.7 Å². The van der Waals surface area contributed by atoms with Gasteiger partial charge in [0.25, 0.3) is 0 Å². The molecule has 5 nitrogen and oxygen atoms in total. The molecule has 23 heavy (non-hydrogen) atoms. The van der Waals surface area contributed by atoms with Gasteiger partial charge in [-0.25, -0.2) is 4.98 Å². The van der Waals surface area contributed by atoms with E-state index in [1.165, 1.54) is 24.8 Å². The SMILES string of the molecule is CC(CCn1cncn1)NC1CC2(CCC2)Oc2ccccc21. The second-order valence-electron chi connectivity index (χ2n) is 6.95. The predicted molar refractivity (Wildman–Crippen MR) is 88.2 cm³/mol. The van der Waals surface area contributed by atoms with E-state index in [1.807, 2.05) is 4.68 Å². The first-order valence-corrected chi connectivity index (χ1v) is 8.61. The van der Waals surface area contributed by atoms with Crippen LogP contribution in [-0.4, -0.2) is 26.4 Å². The Morgan fingerprint density at radius 1 is 1.39 bits per heavy atom. The van der Waals surface area contributed by atoms with Crippen LogP contribution in [0, 0.1) is 0 Å². The van der Waals surface area contributed by atoms with Crippen LogP contribution in [0.5, 0.6) is 5.75 Å². The van der Waals surface area contributed by atoms with E-state index in [4.69, 9.17) is 4.74 Å². The van der Waals surface area contributed by atoms with Crippen molar-refractivity contribution in [3.8, 4) is 5.75 Å². The van der Waals surface area contributed by atoms with Crippen LogP contribution >= 0.6 is 0 Å². The molecule has 0 radical (unpaired) electrons. The summed E-state index contributed by atoms with van der Waals surface area (Å²) in [5, 5.41) is 7.99. The van der Waals surface area contributed by atoms with Crippen LogP contribution in [0.2, 0.25) is 0 Å². The first-order chi connectivity index (χ1) is 11.2. The number of ether oxygens (including phenoxy) is 1. The first kappa shape index (κ1) is 14.7. The molecule has 1 aliphatic carbocycles. The quantitative estimate of drug-likeness (QED) is 0.922. The summed E-state index contributed by atoms with van der Waals surface area (Å²) in [5.41, 5.74) is 1.38. The van der Waals surface area contributed by atoms with Crippen molar-refractivity contribution in [2.24, 2.45) is 0 Å². The van der Waals surface area contributed by atoms with Crippen molar-refractivity contribution in [2.75, 3.05) is 0 Å². The van der Waals surface area contributed by atoms with Gasteiger partial charge < -0.3 is 10.1 Å². The van der Waals surface area contributed by atoms with Gasteiger partial charge in [0, 0.05) is 30.6 Å². The summed E-state index contributed by atoms with van der Waals surface area (Å²) in [5.74, 6) is 1.07. The summed E-state index contributed by atoms with van der Waals surface area (Å²) in [6, 6.07) is 9.29. The number of aryl methyl sites for hydroxylation is 1. The number of nitrogens with zero attached hydrogens (tertiary/aromatic N) is 3. The Hall–Kier alpha value is -1.88. The number of aromatic nitrogens is 3. The number of hydrogen-bond donors (Lipinski definition) is 1. The molecule has 5 heteroatoms. The highest BCUT2D eigenvalue weighted by atomic mass is 16.5. The van der Waals surface area contributed by atoms with Gasteiger partial charge in [0.1, 0.15) is 24.0 Å². The molecule has 4 rings (SSSR count). The molecule has 2 aliphatic rings. The summed E-state index contributed by atoms with van der Waals surface area (Å²) < 4.78 is 8.22. The molecule has 1 fully saturated rings. The summed E-state index contributed by atoms with van der Waals surface area (Å²) >= 11 is 0. The van der Waals surface area contributed by atoms with Crippen molar-refractivity contribution in [1.29, 1.82) is 0 Å². The van der Waals surface area contributed by atoms with Crippen molar-refractivity contribution in [3.63, 3.8) is 0 Å². The smallest absolute Gasteiger partial charge is 0.137 e. The van der Waals surface area contributed by atoms with E-state index in [2.05, 4.69) is 46.6 Å². The second-order valence-corrected chi connectivity index (χ2v) is 6.95. The van der Waals surface area contributed by atoms with Crippen molar-refractivity contribution >= 4 is 0 Å². The number of benzene rings is 1.